The van der Waals surface area contributed by atoms with Crippen molar-refractivity contribution in [3.05, 3.63) is 58.9 Å². The van der Waals surface area contributed by atoms with E-state index in [1.165, 1.54) is 5.56 Å². The summed E-state index contributed by atoms with van der Waals surface area (Å²) in [6.45, 7) is -0.0247. The minimum Gasteiger partial charge on any atom is -0.394 e. The number of anilines is 1. The van der Waals surface area contributed by atoms with Crippen molar-refractivity contribution in [2.75, 3.05) is 11.9 Å². The molecular formula is C20H20N4O. The molecule has 0 spiro atoms. The molecule has 0 amide bonds. The third-order valence-corrected chi connectivity index (χ3v) is 4.87. The Balaban J connectivity index is 1.59. The minimum atomic E-state index is -0.196. The van der Waals surface area contributed by atoms with E-state index in [-0.39, 0.29) is 12.6 Å². The highest BCUT2D eigenvalue weighted by Gasteiger charge is 2.19. The summed E-state index contributed by atoms with van der Waals surface area (Å²) >= 11 is 0. The number of aliphatic hydroxyl groups is 1. The fraction of sp³-hybridized carbons (Fsp3) is 0.300. The smallest absolute Gasteiger partial charge is 0.144 e. The van der Waals surface area contributed by atoms with Gasteiger partial charge in [-0.25, -0.2) is 4.98 Å². The third kappa shape index (κ3) is 2.97. The van der Waals surface area contributed by atoms with Gasteiger partial charge in [-0.3, -0.25) is 0 Å². The molecule has 0 fully saturated rings. The molecule has 1 atom stereocenters. The second kappa shape index (κ2) is 6.58. The van der Waals surface area contributed by atoms with Crippen LogP contribution < -0.4 is 5.32 Å². The maximum Gasteiger partial charge on any atom is 0.144 e. The number of H-pyrrole nitrogens is 1. The van der Waals surface area contributed by atoms with E-state index in [0.29, 0.717) is 17.8 Å². The van der Waals surface area contributed by atoms with Crippen LogP contribution in [0.1, 0.15) is 28.8 Å². The Morgan fingerprint density at radius 2 is 2.20 bits per heavy atom. The van der Waals surface area contributed by atoms with Gasteiger partial charge in [-0.2, -0.15) is 5.26 Å². The van der Waals surface area contributed by atoms with Gasteiger partial charge in [-0.15, -0.1) is 0 Å². The molecular weight excluding hydrogens is 312 g/mol. The topological polar surface area (TPSA) is 84.7 Å². The average molecular weight is 332 g/mol. The molecule has 0 radical (unpaired) electrons. The maximum atomic E-state index is 9.83. The minimum absolute atomic E-state index is 0.0247. The number of nitriles is 1. The normalized spacial score (nSPS) is 14.2. The number of para-hydroxylation sites is 1. The van der Waals surface area contributed by atoms with Crippen molar-refractivity contribution in [1.29, 1.82) is 5.26 Å². The molecule has 1 aromatic carbocycles. The lowest BCUT2D eigenvalue weighted by atomic mass is 10.0. The molecule has 5 heteroatoms. The number of rotatable bonds is 5. The van der Waals surface area contributed by atoms with Crippen molar-refractivity contribution in [1.82, 2.24) is 9.97 Å². The van der Waals surface area contributed by atoms with E-state index in [1.54, 1.807) is 0 Å². The van der Waals surface area contributed by atoms with Crippen molar-refractivity contribution >= 4 is 16.7 Å². The summed E-state index contributed by atoms with van der Waals surface area (Å²) in [5, 5.41) is 23.7. The molecule has 0 bridgehead atoms. The first-order valence-corrected chi connectivity index (χ1v) is 8.63. The standard InChI is InChI=1S/C20H20N4O/c21-10-14-8-13-4-3-7-18(13)24-20(14)23-16(12-25)9-15-11-22-19-6-2-1-5-17(15)19/h1-2,5-6,8,11,16,22,25H,3-4,7,9,12H2,(H,23,24). The lowest BCUT2D eigenvalue weighted by Crippen LogP contribution is -2.27. The van der Waals surface area contributed by atoms with Crippen LogP contribution in [0.15, 0.2) is 36.5 Å². The molecule has 4 rings (SSSR count). The van der Waals surface area contributed by atoms with E-state index in [0.717, 1.165) is 41.4 Å². The van der Waals surface area contributed by atoms with Crippen molar-refractivity contribution in [2.24, 2.45) is 0 Å². The maximum absolute atomic E-state index is 9.83. The first-order chi connectivity index (χ1) is 12.3. The van der Waals surface area contributed by atoms with Crippen LogP contribution in [0.3, 0.4) is 0 Å². The van der Waals surface area contributed by atoms with Gasteiger partial charge in [-0.1, -0.05) is 18.2 Å². The Hall–Kier alpha value is -2.84. The lowest BCUT2D eigenvalue weighted by Gasteiger charge is -2.18. The molecule has 5 nitrogen and oxygen atoms in total. The van der Waals surface area contributed by atoms with E-state index in [2.05, 4.69) is 27.4 Å². The molecule has 0 saturated carbocycles. The zero-order chi connectivity index (χ0) is 17.2. The molecule has 2 heterocycles. The van der Waals surface area contributed by atoms with Crippen LogP contribution in [0.2, 0.25) is 0 Å². The highest BCUT2D eigenvalue weighted by Crippen LogP contribution is 2.26. The molecule has 25 heavy (non-hydrogen) atoms. The highest BCUT2D eigenvalue weighted by molar-refractivity contribution is 5.83. The first-order valence-electron chi connectivity index (χ1n) is 8.63. The van der Waals surface area contributed by atoms with Gasteiger partial charge in [0.25, 0.3) is 0 Å². The molecule has 1 unspecified atom stereocenters. The van der Waals surface area contributed by atoms with Crippen molar-refractivity contribution < 1.29 is 5.11 Å². The monoisotopic (exact) mass is 332 g/mol. The van der Waals surface area contributed by atoms with Gasteiger partial charge in [0.05, 0.1) is 18.2 Å². The Morgan fingerprint density at radius 3 is 3.04 bits per heavy atom. The highest BCUT2D eigenvalue weighted by atomic mass is 16.3. The van der Waals surface area contributed by atoms with Gasteiger partial charge in [0, 0.05) is 22.8 Å². The fourth-order valence-corrected chi connectivity index (χ4v) is 3.59. The number of aromatic amines is 1. The molecule has 0 saturated heterocycles. The van der Waals surface area contributed by atoms with E-state index in [9.17, 15) is 10.4 Å². The number of fused-ring (bicyclic) bond motifs is 2. The van der Waals surface area contributed by atoms with Crippen LogP contribution in [-0.2, 0) is 19.3 Å². The number of aliphatic hydroxyl groups excluding tert-OH is 1. The van der Waals surface area contributed by atoms with Crippen LogP contribution in [0.25, 0.3) is 10.9 Å². The van der Waals surface area contributed by atoms with Gasteiger partial charge in [0.2, 0.25) is 0 Å². The SMILES string of the molecule is N#Cc1cc2c(nc1NC(CO)Cc1c[nH]c3ccccc13)CCC2. The zero-order valence-corrected chi connectivity index (χ0v) is 13.9. The van der Waals surface area contributed by atoms with E-state index < -0.39 is 0 Å². The average Bonchev–Trinajstić information content (AvgIpc) is 3.27. The van der Waals surface area contributed by atoms with Gasteiger partial charge >= 0.3 is 0 Å². The van der Waals surface area contributed by atoms with Crippen LogP contribution in [0.4, 0.5) is 5.82 Å². The molecule has 126 valence electrons. The second-order valence-electron chi connectivity index (χ2n) is 6.54. The number of hydrogen-bond acceptors (Lipinski definition) is 4. The predicted octanol–water partition coefficient (Wildman–Crippen LogP) is 2.94. The molecule has 3 N–H and O–H groups in total. The number of nitrogens with one attached hydrogen (secondary N) is 2. The van der Waals surface area contributed by atoms with Crippen LogP contribution in [-0.4, -0.2) is 27.7 Å². The molecule has 2 aromatic heterocycles. The van der Waals surface area contributed by atoms with Crippen molar-refractivity contribution in [2.45, 2.75) is 31.7 Å². The lowest BCUT2D eigenvalue weighted by molar-refractivity contribution is 0.273. The third-order valence-electron chi connectivity index (χ3n) is 4.87. The zero-order valence-electron chi connectivity index (χ0n) is 13.9. The van der Waals surface area contributed by atoms with E-state index in [4.69, 9.17) is 0 Å². The molecule has 1 aliphatic carbocycles. The summed E-state index contributed by atoms with van der Waals surface area (Å²) in [6, 6.07) is 12.1. The van der Waals surface area contributed by atoms with Crippen molar-refractivity contribution in [3.8, 4) is 6.07 Å². The molecule has 0 aliphatic heterocycles. The number of benzene rings is 1. The Bertz CT molecular complexity index is 954. The second-order valence-corrected chi connectivity index (χ2v) is 6.54. The Labute approximate surface area is 146 Å². The van der Waals surface area contributed by atoms with Gasteiger partial charge in [0.15, 0.2) is 0 Å². The Kier molecular flexibility index (Phi) is 4.12. The summed E-state index contributed by atoms with van der Waals surface area (Å²) in [5.74, 6) is 0.585. The summed E-state index contributed by atoms with van der Waals surface area (Å²) in [6.07, 6.45) is 5.69. The van der Waals surface area contributed by atoms with Gasteiger partial charge in [-0.05, 0) is 48.9 Å². The van der Waals surface area contributed by atoms with E-state index >= 15 is 0 Å². The van der Waals surface area contributed by atoms with Gasteiger partial charge < -0.3 is 15.4 Å². The number of pyridine rings is 1. The van der Waals surface area contributed by atoms with Crippen LogP contribution in [0, 0.1) is 11.3 Å². The summed E-state index contributed by atoms with van der Waals surface area (Å²) in [4.78, 5) is 7.91. The molecule has 3 aromatic rings. The van der Waals surface area contributed by atoms with Crippen LogP contribution >= 0.6 is 0 Å². The van der Waals surface area contributed by atoms with Crippen molar-refractivity contribution in [3.63, 3.8) is 0 Å². The van der Waals surface area contributed by atoms with Gasteiger partial charge in [0.1, 0.15) is 11.9 Å². The summed E-state index contributed by atoms with van der Waals surface area (Å²) in [5.41, 5.74) is 5.03. The Morgan fingerprint density at radius 1 is 1.32 bits per heavy atom. The number of hydrogen-bond donors (Lipinski definition) is 3. The number of aromatic nitrogens is 2. The number of nitrogens with zero attached hydrogens (tertiary/aromatic N) is 2. The quantitative estimate of drug-likeness (QED) is 0.671. The summed E-state index contributed by atoms with van der Waals surface area (Å²) in [7, 11) is 0. The summed E-state index contributed by atoms with van der Waals surface area (Å²) < 4.78 is 0. The fourth-order valence-electron chi connectivity index (χ4n) is 3.59. The molecule has 1 aliphatic rings. The predicted molar refractivity (Wildman–Crippen MR) is 97.5 cm³/mol. The van der Waals surface area contributed by atoms with Crippen LogP contribution in [0.5, 0.6) is 0 Å². The largest absolute Gasteiger partial charge is 0.394 e. The number of aryl methyl sites for hydroxylation is 2. The first kappa shape index (κ1) is 15.7. The van der Waals surface area contributed by atoms with E-state index in [1.807, 2.05) is 30.5 Å².